The summed E-state index contributed by atoms with van der Waals surface area (Å²) in [5.41, 5.74) is -1.22. The number of aromatic amines is 1. The van der Waals surface area contributed by atoms with Gasteiger partial charge in [0.15, 0.2) is 5.65 Å². The van der Waals surface area contributed by atoms with Crippen LogP contribution in [-0.4, -0.2) is 29.9 Å². The second-order valence-corrected chi connectivity index (χ2v) is 3.27. The largest absolute Gasteiger partial charge is 0.363 e. The van der Waals surface area contributed by atoms with Gasteiger partial charge in [0.05, 0.1) is 10.3 Å². The van der Waals surface area contributed by atoms with Crippen LogP contribution < -0.4 is 5.43 Å². The van der Waals surface area contributed by atoms with Crippen LogP contribution >= 0.6 is 0 Å². The van der Waals surface area contributed by atoms with E-state index in [1.807, 2.05) is 0 Å². The van der Waals surface area contributed by atoms with E-state index in [9.17, 15) is 14.9 Å². The van der Waals surface area contributed by atoms with E-state index >= 15 is 0 Å². The highest BCUT2D eigenvalue weighted by atomic mass is 16.6. The molecule has 9 nitrogen and oxygen atoms in total. The first-order chi connectivity index (χ1) is 8.20. The maximum atomic E-state index is 11.9. The van der Waals surface area contributed by atoms with Crippen molar-refractivity contribution in [3.05, 3.63) is 38.7 Å². The molecule has 1 N–H and O–H groups in total. The van der Waals surface area contributed by atoms with Gasteiger partial charge >= 0.3 is 5.69 Å². The minimum Gasteiger partial charge on any atom is -0.281 e. The molecule has 3 rings (SSSR count). The van der Waals surface area contributed by atoms with Crippen molar-refractivity contribution in [2.24, 2.45) is 0 Å². The molecule has 0 saturated carbocycles. The fourth-order valence-electron chi connectivity index (χ4n) is 1.65. The summed E-state index contributed by atoms with van der Waals surface area (Å²) in [5.74, 6) is 0. The number of rotatable bonds is 1. The van der Waals surface area contributed by atoms with Crippen LogP contribution in [-0.2, 0) is 0 Å². The molecule has 0 aliphatic heterocycles. The predicted octanol–water partition coefficient (Wildman–Crippen LogP) is -0.126. The highest BCUT2D eigenvalue weighted by Crippen LogP contribution is 2.16. The molecule has 3 aromatic rings. The van der Waals surface area contributed by atoms with E-state index in [2.05, 4.69) is 20.5 Å². The zero-order valence-corrected chi connectivity index (χ0v) is 8.19. The molecule has 3 heterocycles. The Morgan fingerprint density at radius 2 is 2.24 bits per heavy atom. The molecule has 0 spiro atoms. The van der Waals surface area contributed by atoms with Crippen molar-refractivity contribution >= 4 is 22.4 Å². The summed E-state index contributed by atoms with van der Waals surface area (Å²) < 4.78 is 1.20. The van der Waals surface area contributed by atoms with Crippen LogP contribution in [0.15, 0.2) is 23.1 Å². The van der Waals surface area contributed by atoms with E-state index in [1.165, 1.54) is 22.8 Å². The van der Waals surface area contributed by atoms with Crippen LogP contribution in [0.5, 0.6) is 0 Å². The van der Waals surface area contributed by atoms with Crippen LogP contribution in [0, 0.1) is 10.1 Å². The number of H-pyrrole nitrogens is 1. The van der Waals surface area contributed by atoms with Crippen molar-refractivity contribution < 1.29 is 4.92 Å². The summed E-state index contributed by atoms with van der Waals surface area (Å²) in [4.78, 5) is 26.0. The first-order valence-electron chi connectivity index (χ1n) is 4.55. The Morgan fingerprint density at radius 1 is 1.41 bits per heavy atom. The molecule has 0 unspecified atom stereocenters. The second kappa shape index (κ2) is 3.07. The molecule has 9 heteroatoms. The van der Waals surface area contributed by atoms with Gasteiger partial charge in [-0.05, 0) is 12.1 Å². The van der Waals surface area contributed by atoms with E-state index < -0.39 is 16.0 Å². The average molecular weight is 232 g/mol. The quantitative estimate of drug-likeness (QED) is 0.461. The summed E-state index contributed by atoms with van der Waals surface area (Å²) in [6.45, 7) is 0. The summed E-state index contributed by atoms with van der Waals surface area (Å²) in [6, 6.07) is 2.99. The van der Waals surface area contributed by atoms with Crippen LogP contribution in [0.1, 0.15) is 0 Å². The molecular formula is C8H4N6O3. The van der Waals surface area contributed by atoms with Crippen molar-refractivity contribution in [3.63, 3.8) is 0 Å². The second-order valence-electron chi connectivity index (χ2n) is 3.27. The molecule has 0 bridgehead atoms. The van der Waals surface area contributed by atoms with Crippen LogP contribution in [0.25, 0.3) is 16.7 Å². The minimum absolute atomic E-state index is 0.141. The van der Waals surface area contributed by atoms with Crippen molar-refractivity contribution in [2.75, 3.05) is 0 Å². The van der Waals surface area contributed by atoms with E-state index in [0.717, 1.165) is 0 Å². The molecular weight excluding hydrogens is 228 g/mol. The van der Waals surface area contributed by atoms with Gasteiger partial charge in [0.1, 0.15) is 0 Å². The zero-order chi connectivity index (χ0) is 12.0. The number of hydrogen-bond donors (Lipinski definition) is 1. The average Bonchev–Trinajstić information content (AvgIpc) is 2.78. The predicted molar refractivity (Wildman–Crippen MR) is 55.6 cm³/mol. The van der Waals surface area contributed by atoms with Gasteiger partial charge in [-0.1, -0.05) is 5.21 Å². The first-order valence-corrected chi connectivity index (χ1v) is 4.55. The smallest absolute Gasteiger partial charge is 0.281 e. The standard InChI is InChI=1S/C8H4N6O3/c15-6-4-2-1-3-9-7(4)13-8(10-11-12-13)5(6)14(16)17/h1-3H,(H,10,12). The molecule has 0 radical (unpaired) electrons. The number of fused-ring (bicyclic) bond motifs is 3. The number of nitrogens with one attached hydrogen (secondary N) is 1. The molecule has 17 heavy (non-hydrogen) atoms. The summed E-state index contributed by atoms with van der Waals surface area (Å²) >= 11 is 0. The number of aromatic nitrogens is 5. The summed E-state index contributed by atoms with van der Waals surface area (Å²) in [6.07, 6.45) is 1.47. The summed E-state index contributed by atoms with van der Waals surface area (Å²) in [7, 11) is 0. The third kappa shape index (κ3) is 1.13. The Morgan fingerprint density at radius 3 is 3.00 bits per heavy atom. The Hall–Kier alpha value is -2.84. The number of hydrogen-bond acceptors (Lipinski definition) is 6. The molecule has 0 atom stereocenters. The first kappa shape index (κ1) is 9.39. The fourth-order valence-corrected chi connectivity index (χ4v) is 1.65. The lowest BCUT2D eigenvalue weighted by Gasteiger charge is -1.98. The zero-order valence-electron chi connectivity index (χ0n) is 8.19. The molecule has 84 valence electrons. The van der Waals surface area contributed by atoms with Crippen molar-refractivity contribution in [1.82, 2.24) is 25.0 Å². The molecule has 0 saturated heterocycles. The number of tetrazole rings is 1. The van der Waals surface area contributed by atoms with Crippen LogP contribution in [0.3, 0.4) is 0 Å². The number of nitro groups is 1. The Balaban J connectivity index is 2.71. The Labute approximate surface area is 91.8 Å². The fraction of sp³-hybridized carbons (Fsp3) is 0. The molecule has 3 aromatic heterocycles. The number of pyridine rings is 2. The molecule has 0 aromatic carbocycles. The Kier molecular flexibility index (Phi) is 1.70. The van der Waals surface area contributed by atoms with Gasteiger partial charge in [-0.15, -0.1) is 5.10 Å². The van der Waals surface area contributed by atoms with Gasteiger partial charge in [-0.2, -0.15) is 9.73 Å². The van der Waals surface area contributed by atoms with E-state index in [-0.39, 0.29) is 16.7 Å². The molecule has 0 amide bonds. The highest BCUT2D eigenvalue weighted by Gasteiger charge is 2.24. The van der Waals surface area contributed by atoms with Gasteiger partial charge in [-0.3, -0.25) is 14.9 Å². The topological polar surface area (TPSA) is 119 Å². The van der Waals surface area contributed by atoms with Crippen LogP contribution in [0.2, 0.25) is 0 Å². The van der Waals surface area contributed by atoms with Gasteiger partial charge in [0.25, 0.3) is 11.1 Å². The van der Waals surface area contributed by atoms with E-state index in [0.29, 0.717) is 0 Å². The summed E-state index contributed by atoms with van der Waals surface area (Å²) in [5, 5.41) is 20.4. The lowest BCUT2D eigenvalue weighted by Crippen LogP contribution is -2.13. The SMILES string of the molecule is O=c1c([N+](=O)[O-])c2nn[nH]n2c2ncccc12. The van der Waals surface area contributed by atoms with Crippen molar-refractivity contribution in [1.29, 1.82) is 0 Å². The number of nitrogens with zero attached hydrogens (tertiary/aromatic N) is 5. The van der Waals surface area contributed by atoms with Crippen molar-refractivity contribution in [2.45, 2.75) is 0 Å². The van der Waals surface area contributed by atoms with Gasteiger partial charge in [-0.25, -0.2) is 4.98 Å². The van der Waals surface area contributed by atoms with E-state index in [1.54, 1.807) is 0 Å². The maximum absolute atomic E-state index is 11.9. The monoisotopic (exact) mass is 232 g/mol. The Bertz CT molecular complexity index is 804. The van der Waals surface area contributed by atoms with Gasteiger partial charge < -0.3 is 0 Å². The van der Waals surface area contributed by atoms with E-state index in [4.69, 9.17) is 0 Å². The third-order valence-electron chi connectivity index (χ3n) is 2.35. The molecule has 0 aliphatic carbocycles. The van der Waals surface area contributed by atoms with Gasteiger partial charge in [0.2, 0.25) is 0 Å². The van der Waals surface area contributed by atoms with Gasteiger partial charge in [0, 0.05) is 6.20 Å². The van der Waals surface area contributed by atoms with Crippen LogP contribution in [0.4, 0.5) is 5.69 Å². The maximum Gasteiger partial charge on any atom is 0.363 e. The third-order valence-corrected chi connectivity index (χ3v) is 2.35. The molecule has 0 aliphatic rings. The highest BCUT2D eigenvalue weighted by molar-refractivity contribution is 5.82. The molecule has 0 fully saturated rings. The minimum atomic E-state index is -0.771. The van der Waals surface area contributed by atoms with Crippen molar-refractivity contribution in [3.8, 4) is 0 Å². The lowest BCUT2D eigenvalue weighted by atomic mass is 10.2. The lowest BCUT2D eigenvalue weighted by molar-refractivity contribution is -0.384. The normalized spacial score (nSPS) is 11.1.